The SMILES string of the molecule is COc1ccc(CCn2cc(NC(=O)NC(C)(C)CC(C)(C)C)cn2)cc1OC. The van der Waals surface area contributed by atoms with Crippen molar-refractivity contribution in [1.29, 1.82) is 0 Å². The second-order valence-corrected chi connectivity index (χ2v) is 9.13. The van der Waals surface area contributed by atoms with Crippen LogP contribution in [0.5, 0.6) is 11.5 Å². The number of nitrogens with zero attached hydrogens (tertiary/aromatic N) is 2. The minimum Gasteiger partial charge on any atom is -0.493 e. The van der Waals surface area contributed by atoms with E-state index in [0.717, 1.165) is 18.4 Å². The minimum atomic E-state index is -0.300. The van der Waals surface area contributed by atoms with Crippen LogP contribution in [0.1, 0.15) is 46.6 Å². The van der Waals surface area contributed by atoms with Gasteiger partial charge in [0.25, 0.3) is 0 Å². The molecule has 29 heavy (non-hydrogen) atoms. The molecular weight excluding hydrogens is 368 g/mol. The molecule has 160 valence electrons. The van der Waals surface area contributed by atoms with Crippen LogP contribution in [0.4, 0.5) is 10.5 Å². The van der Waals surface area contributed by atoms with Gasteiger partial charge in [-0.3, -0.25) is 4.68 Å². The van der Waals surface area contributed by atoms with Crippen molar-refractivity contribution < 1.29 is 14.3 Å². The lowest BCUT2D eigenvalue weighted by Crippen LogP contribution is -2.47. The molecule has 1 aromatic carbocycles. The Morgan fingerprint density at radius 3 is 2.41 bits per heavy atom. The number of aromatic nitrogens is 2. The van der Waals surface area contributed by atoms with Crippen LogP contribution < -0.4 is 20.1 Å². The van der Waals surface area contributed by atoms with Crippen LogP contribution in [-0.4, -0.2) is 35.6 Å². The van der Waals surface area contributed by atoms with Crippen molar-refractivity contribution in [2.75, 3.05) is 19.5 Å². The van der Waals surface area contributed by atoms with E-state index in [9.17, 15) is 4.79 Å². The van der Waals surface area contributed by atoms with Gasteiger partial charge in [-0.2, -0.15) is 5.10 Å². The van der Waals surface area contributed by atoms with Gasteiger partial charge in [0, 0.05) is 18.3 Å². The number of amides is 2. The van der Waals surface area contributed by atoms with Crippen LogP contribution in [0, 0.1) is 5.41 Å². The first kappa shape index (κ1) is 22.6. The van der Waals surface area contributed by atoms with Gasteiger partial charge in [-0.1, -0.05) is 26.8 Å². The molecule has 2 N–H and O–H groups in total. The van der Waals surface area contributed by atoms with Gasteiger partial charge in [0.2, 0.25) is 0 Å². The number of carbonyl (C=O) groups is 1. The molecule has 0 fully saturated rings. The summed E-state index contributed by atoms with van der Waals surface area (Å²) >= 11 is 0. The number of nitrogens with one attached hydrogen (secondary N) is 2. The Morgan fingerprint density at radius 2 is 1.79 bits per heavy atom. The molecule has 7 heteroatoms. The summed E-state index contributed by atoms with van der Waals surface area (Å²) in [5.41, 5.74) is 1.62. The third-order valence-corrected chi connectivity index (χ3v) is 4.39. The summed E-state index contributed by atoms with van der Waals surface area (Å²) in [5, 5.41) is 10.2. The van der Waals surface area contributed by atoms with E-state index in [2.05, 4.69) is 36.5 Å². The molecule has 0 saturated carbocycles. The van der Waals surface area contributed by atoms with Crippen LogP contribution in [0.3, 0.4) is 0 Å². The van der Waals surface area contributed by atoms with Gasteiger partial charge in [0.1, 0.15) is 0 Å². The van der Waals surface area contributed by atoms with Crippen molar-refractivity contribution in [2.45, 2.75) is 59.5 Å². The molecule has 2 rings (SSSR count). The Bertz CT molecular complexity index is 822. The summed E-state index contributed by atoms with van der Waals surface area (Å²) in [4.78, 5) is 12.3. The van der Waals surface area contributed by atoms with E-state index in [1.807, 2.05) is 42.9 Å². The molecule has 0 bridgehead atoms. The van der Waals surface area contributed by atoms with E-state index in [1.165, 1.54) is 0 Å². The quantitative estimate of drug-likeness (QED) is 0.682. The zero-order valence-electron chi connectivity index (χ0n) is 18.6. The number of carbonyl (C=O) groups excluding carboxylic acids is 1. The van der Waals surface area contributed by atoms with E-state index in [4.69, 9.17) is 9.47 Å². The zero-order chi connectivity index (χ0) is 21.7. The number of methoxy groups -OCH3 is 2. The Labute approximate surface area is 173 Å². The monoisotopic (exact) mass is 402 g/mol. The fourth-order valence-electron chi connectivity index (χ4n) is 3.67. The van der Waals surface area contributed by atoms with E-state index in [0.29, 0.717) is 23.7 Å². The number of benzene rings is 1. The lowest BCUT2D eigenvalue weighted by Gasteiger charge is -2.33. The smallest absolute Gasteiger partial charge is 0.319 e. The summed E-state index contributed by atoms with van der Waals surface area (Å²) in [6.07, 6.45) is 5.15. The highest BCUT2D eigenvalue weighted by molar-refractivity contribution is 5.89. The van der Waals surface area contributed by atoms with Crippen LogP contribution in [-0.2, 0) is 13.0 Å². The van der Waals surface area contributed by atoms with Crippen LogP contribution in [0.2, 0.25) is 0 Å². The second kappa shape index (κ2) is 9.20. The fraction of sp³-hybridized carbons (Fsp3) is 0.545. The number of anilines is 1. The van der Waals surface area contributed by atoms with Crippen molar-refractivity contribution in [3.05, 3.63) is 36.2 Å². The van der Waals surface area contributed by atoms with Crippen LogP contribution in [0.25, 0.3) is 0 Å². The zero-order valence-corrected chi connectivity index (χ0v) is 18.6. The normalized spacial score (nSPS) is 11.8. The fourth-order valence-corrected chi connectivity index (χ4v) is 3.67. The maximum absolute atomic E-state index is 12.3. The van der Waals surface area contributed by atoms with Gasteiger partial charge >= 0.3 is 6.03 Å². The maximum atomic E-state index is 12.3. The molecule has 0 atom stereocenters. The van der Waals surface area contributed by atoms with Crippen molar-refractivity contribution in [3.63, 3.8) is 0 Å². The van der Waals surface area contributed by atoms with Crippen molar-refractivity contribution in [2.24, 2.45) is 5.41 Å². The van der Waals surface area contributed by atoms with Crippen LogP contribution >= 0.6 is 0 Å². The third-order valence-electron chi connectivity index (χ3n) is 4.39. The molecule has 7 nitrogen and oxygen atoms in total. The Kier molecular flexibility index (Phi) is 7.16. The molecule has 0 radical (unpaired) electrons. The molecule has 1 aromatic heterocycles. The molecule has 0 spiro atoms. The predicted octanol–water partition coefficient (Wildman–Crippen LogP) is 4.48. The molecule has 0 aliphatic rings. The molecule has 0 unspecified atom stereocenters. The number of hydrogen-bond donors (Lipinski definition) is 2. The van der Waals surface area contributed by atoms with Gasteiger partial charge in [-0.05, 0) is 49.8 Å². The summed E-state index contributed by atoms with van der Waals surface area (Å²) in [5.74, 6) is 1.42. The predicted molar refractivity (Wildman–Crippen MR) is 116 cm³/mol. The topological polar surface area (TPSA) is 77.4 Å². The van der Waals surface area contributed by atoms with Crippen molar-refractivity contribution in [3.8, 4) is 11.5 Å². The van der Waals surface area contributed by atoms with Crippen LogP contribution in [0.15, 0.2) is 30.6 Å². The van der Waals surface area contributed by atoms with E-state index < -0.39 is 0 Å². The Hall–Kier alpha value is -2.70. The number of urea groups is 1. The van der Waals surface area contributed by atoms with Gasteiger partial charge in [0.05, 0.1) is 26.1 Å². The minimum absolute atomic E-state index is 0.131. The number of aryl methyl sites for hydroxylation is 2. The molecular formula is C22H34N4O3. The highest BCUT2D eigenvalue weighted by atomic mass is 16.5. The highest BCUT2D eigenvalue weighted by Gasteiger charge is 2.27. The first-order valence-corrected chi connectivity index (χ1v) is 9.84. The summed E-state index contributed by atoms with van der Waals surface area (Å²) < 4.78 is 12.4. The summed E-state index contributed by atoms with van der Waals surface area (Å²) in [6.45, 7) is 11.2. The second-order valence-electron chi connectivity index (χ2n) is 9.13. The summed E-state index contributed by atoms with van der Waals surface area (Å²) in [7, 11) is 3.25. The van der Waals surface area contributed by atoms with Gasteiger partial charge < -0.3 is 20.1 Å². The molecule has 1 heterocycles. The van der Waals surface area contributed by atoms with Gasteiger partial charge in [0.15, 0.2) is 11.5 Å². The summed E-state index contributed by atoms with van der Waals surface area (Å²) in [6, 6.07) is 5.65. The number of ether oxygens (including phenoxy) is 2. The largest absolute Gasteiger partial charge is 0.493 e. The lowest BCUT2D eigenvalue weighted by molar-refractivity contribution is 0.220. The maximum Gasteiger partial charge on any atom is 0.319 e. The van der Waals surface area contributed by atoms with Gasteiger partial charge in [-0.15, -0.1) is 0 Å². The number of hydrogen-bond acceptors (Lipinski definition) is 4. The van der Waals surface area contributed by atoms with E-state index in [1.54, 1.807) is 20.4 Å². The standard InChI is InChI=1S/C22H34N4O3/c1-21(2,3)15-22(4,5)25-20(27)24-17-13-23-26(14-17)11-10-16-8-9-18(28-6)19(12-16)29-7/h8-9,12-14H,10-11,15H2,1-7H3,(H2,24,25,27). The molecule has 2 amide bonds. The molecule has 2 aromatic rings. The van der Waals surface area contributed by atoms with Crippen molar-refractivity contribution in [1.82, 2.24) is 15.1 Å². The average molecular weight is 403 g/mol. The van der Waals surface area contributed by atoms with Crippen molar-refractivity contribution >= 4 is 11.7 Å². The highest BCUT2D eigenvalue weighted by Crippen LogP contribution is 2.28. The third kappa shape index (κ3) is 7.33. The molecule has 0 aliphatic heterocycles. The molecule has 0 saturated heterocycles. The van der Waals surface area contributed by atoms with E-state index in [-0.39, 0.29) is 17.0 Å². The van der Waals surface area contributed by atoms with E-state index >= 15 is 0 Å². The average Bonchev–Trinajstić information content (AvgIpc) is 3.04. The number of rotatable bonds is 8. The molecule has 0 aliphatic carbocycles. The lowest BCUT2D eigenvalue weighted by atomic mass is 9.82. The first-order valence-electron chi connectivity index (χ1n) is 9.84. The van der Waals surface area contributed by atoms with Gasteiger partial charge in [-0.25, -0.2) is 4.79 Å². The Balaban J connectivity index is 1.90. The Morgan fingerprint density at radius 1 is 1.10 bits per heavy atom. The first-order chi connectivity index (χ1) is 13.5.